The summed E-state index contributed by atoms with van der Waals surface area (Å²) in [5.41, 5.74) is 1.72. The fourth-order valence-corrected chi connectivity index (χ4v) is 3.52. The van der Waals surface area contributed by atoms with Gasteiger partial charge in [0.2, 0.25) is 0 Å². The van der Waals surface area contributed by atoms with Gasteiger partial charge in [0.05, 0.1) is 10.6 Å². The van der Waals surface area contributed by atoms with Crippen molar-refractivity contribution in [1.82, 2.24) is 0 Å². The molecule has 0 spiro atoms. The number of fused-ring (bicyclic) bond motifs is 1. The Morgan fingerprint density at radius 2 is 2.20 bits per heavy atom. The second-order valence-corrected chi connectivity index (χ2v) is 6.65. The maximum atomic E-state index is 13.3. The number of hydrogen-bond acceptors (Lipinski definition) is 2. The fourth-order valence-electron chi connectivity index (χ4n) is 1.72. The highest BCUT2D eigenvalue weighted by Gasteiger charge is 2.36. The van der Waals surface area contributed by atoms with Crippen molar-refractivity contribution < 1.29 is 9.50 Å². The van der Waals surface area contributed by atoms with Crippen LogP contribution in [0.25, 0.3) is 0 Å². The van der Waals surface area contributed by atoms with Gasteiger partial charge >= 0.3 is 0 Å². The van der Waals surface area contributed by atoms with Gasteiger partial charge in [0, 0.05) is 10.5 Å². The second kappa shape index (κ2) is 3.75. The largest absolute Gasteiger partial charge is 0.387 e. The quantitative estimate of drug-likeness (QED) is 0.787. The summed E-state index contributed by atoms with van der Waals surface area (Å²) in [5.74, 6) is 0.471. The summed E-state index contributed by atoms with van der Waals surface area (Å²) in [7, 11) is 0. The van der Waals surface area contributed by atoms with Crippen LogP contribution < -0.4 is 0 Å². The zero-order chi connectivity index (χ0) is 11.2. The summed E-state index contributed by atoms with van der Waals surface area (Å²) in [6.07, 6.45) is -0.539. The van der Waals surface area contributed by atoms with Gasteiger partial charge in [-0.15, -0.1) is 11.8 Å². The van der Waals surface area contributed by atoms with Crippen LogP contribution in [0.15, 0.2) is 16.6 Å². The van der Waals surface area contributed by atoms with Gasteiger partial charge in [-0.2, -0.15) is 0 Å². The van der Waals surface area contributed by atoms with E-state index in [4.69, 9.17) is 0 Å². The third-order valence-electron chi connectivity index (χ3n) is 2.77. The molecule has 4 heteroatoms. The minimum atomic E-state index is -0.539. The number of hydrogen-bond donors (Lipinski definition) is 1. The van der Waals surface area contributed by atoms with Crippen molar-refractivity contribution in [3.63, 3.8) is 0 Å². The standard InChI is InChI=1S/C11H12BrFOS/c1-11(2)10(14)6-3-4-8(13)9(12)7(6)5-15-11/h3-4,10,14H,5H2,1-2H3. The van der Waals surface area contributed by atoms with Crippen LogP contribution in [0.4, 0.5) is 4.39 Å². The Morgan fingerprint density at radius 3 is 2.87 bits per heavy atom. The van der Waals surface area contributed by atoms with E-state index in [2.05, 4.69) is 15.9 Å². The lowest BCUT2D eigenvalue weighted by Crippen LogP contribution is -2.30. The Labute approximate surface area is 101 Å². The first kappa shape index (κ1) is 11.4. The average Bonchev–Trinajstić information content (AvgIpc) is 2.17. The van der Waals surface area contributed by atoms with Crippen LogP contribution in [0.1, 0.15) is 31.1 Å². The van der Waals surface area contributed by atoms with E-state index in [1.165, 1.54) is 6.07 Å². The van der Waals surface area contributed by atoms with Crippen molar-refractivity contribution in [2.75, 3.05) is 0 Å². The fraction of sp³-hybridized carbons (Fsp3) is 0.455. The van der Waals surface area contributed by atoms with E-state index in [9.17, 15) is 9.50 Å². The predicted octanol–water partition coefficient (Wildman–Crippen LogP) is 3.65. The molecule has 1 nitrogen and oxygen atoms in total. The monoisotopic (exact) mass is 290 g/mol. The van der Waals surface area contributed by atoms with Crippen molar-refractivity contribution in [1.29, 1.82) is 0 Å². The number of rotatable bonds is 0. The molecular formula is C11H12BrFOS. The minimum absolute atomic E-state index is 0.204. The molecule has 1 aliphatic heterocycles. The van der Waals surface area contributed by atoms with Gasteiger partial charge in [0.1, 0.15) is 5.82 Å². The topological polar surface area (TPSA) is 20.2 Å². The van der Waals surface area contributed by atoms with E-state index in [0.29, 0.717) is 4.47 Å². The Hall–Kier alpha value is -0.0600. The summed E-state index contributed by atoms with van der Waals surface area (Å²) in [5, 5.41) is 10.1. The molecule has 0 saturated carbocycles. The zero-order valence-electron chi connectivity index (χ0n) is 8.55. The molecular weight excluding hydrogens is 279 g/mol. The van der Waals surface area contributed by atoms with Crippen molar-refractivity contribution in [2.24, 2.45) is 0 Å². The van der Waals surface area contributed by atoms with Gasteiger partial charge in [0.25, 0.3) is 0 Å². The lowest BCUT2D eigenvalue weighted by atomic mass is 9.94. The Kier molecular flexibility index (Phi) is 2.86. The average molecular weight is 291 g/mol. The molecule has 1 N–H and O–H groups in total. The smallest absolute Gasteiger partial charge is 0.137 e. The predicted molar refractivity (Wildman–Crippen MR) is 64.4 cm³/mol. The Balaban J connectivity index is 2.55. The number of halogens is 2. The van der Waals surface area contributed by atoms with Crippen molar-refractivity contribution in [2.45, 2.75) is 30.5 Å². The van der Waals surface area contributed by atoms with Crippen LogP contribution >= 0.6 is 27.7 Å². The van der Waals surface area contributed by atoms with E-state index >= 15 is 0 Å². The van der Waals surface area contributed by atoms with Gasteiger partial charge in [-0.05, 0) is 47.0 Å². The van der Waals surface area contributed by atoms with Gasteiger partial charge < -0.3 is 5.11 Å². The van der Waals surface area contributed by atoms with Crippen molar-refractivity contribution in [3.05, 3.63) is 33.5 Å². The molecule has 82 valence electrons. The van der Waals surface area contributed by atoms with Crippen LogP contribution in [-0.4, -0.2) is 9.85 Å². The van der Waals surface area contributed by atoms with Crippen LogP contribution in [0.2, 0.25) is 0 Å². The van der Waals surface area contributed by atoms with Gasteiger partial charge in [0.15, 0.2) is 0 Å². The summed E-state index contributed by atoms with van der Waals surface area (Å²) in [6.45, 7) is 4.01. The van der Waals surface area contributed by atoms with Gasteiger partial charge in [-0.25, -0.2) is 4.39 Å². The molecule has 1 unspecified atom stereocenters. The van der Waals surface area contributed by atoms with E-state index in [1.807, 2.05) is 13.8 Å². The molecule has 0 saturated heterocycles. The molecule has 0 bridgehead atoms. The maximum absolute atomic E-state index is 13.3. The molecule has 0 amide bonds. The molecule has 0 aliphatic carbocycles. The molecule has 1 aromatic rings. The molecule has 1 heterocycles. The van der Waals surface area contributed by atoms with Crippen LogP contribution in [-0.2, 0) is 5.75 Å². The van der Waals surface area contributed by atoms with E-state index in [1.54, 1.807) is 17.8 Å². The molecule has 1 atom stereocenters. The molecule has 0 aromatic heterocycles. The zero-order valence-corrected chi connectivity index (χ0v) is 11.0. The lowest BCUT2D eigenvalue weighted by molar-refractivity contribution is 0.141. The number of aliphatic hydroxyl groups is 1. The molecule has 0 fully saturated rings. The van der Waals surface area contributed by atoms with Gasteiger partial charge in [-0.3, -0.25) is 0 Å². The van der Waals surface area contributed by atoms with Crippen LogP contribution in [0, 0.1) is 5.82 Å². The van der Waals surface area contributed by atoms with Crippen LogP contribution in [0.5, 0.6) is 0 Å². The van der Waals surface area contributed by atoms with Crippen molar-refractivity contribution in [3.8, 4) is 0 Å². The SMILES string of the molecule is CC1(C)SCc2c(ccc(F)c2Br)C1O. The van der Waals surface area contributed by atoms with E-state index in [-0.39, 0.29) is 10.6 Å². The molecule has 2 rings (SSSR count). The summed E-state index contributed by atoms with van der Waals surface area (Å²) in [4.78, 5) is 0. The Bertz CT molecular complexity index is 406. The number of thioether (sulfide) groups is 1. The highest BCUT2D eigenvalue weighted by molar-refractivity contribution is 9.10. The summed E-state index contributed by atoms with van der Waals surface area (Å²) >= 11 is 4.88. The normalized spacial score (nSPS) is 23.7. The first-order valence-electron chi connectivity index (χ1n) is 4.72. The Morgan fingerprint density at radius 1 is 1.53 bits per heavy atom. The third-order valence-corrected chi connectivity index (χ3v) is 5.03. The molecule has 0 radical (unpaired) electrons. The maximum Gasteiger partial charge on any atom is 0.137 e. The summed E-state index contributed by atoms with van der Waals surface area (Å²) < 4.78 is 13.6. The number of benzene rings is 1. The first-order valence-corrected chi connectivity index (χ1v) is 6.50. The van der Waals surface area contributed by atoms with E-state index in [0.717, 1.165) is 16.9 Å². The second-order valence-electron chi connectivity index (χ2n) is 4.22. The minimum Gasteiger partial charge on any atom is -0.387 e. The van der Waals surface area contributed by atoms with E-state index < -0.39 is 6.10 Å². The summed E-state index contributed by atoms with van der Waals surface area (Å²) in [6, 6.07) is 3.08. The first-order chi connectivity index (χ1) is 6.93. The highest BCUT2D eigenvalue weighted by atomic mass is 79.9. The molecule has 1 aliphatic rings. The van der Waals surface area contributed by atoms with Gasteiger partial charge in [-0.1, -0.05) is 6.07 Å². The third kappa shape index (κ3) is 1.83. The molecule has 15 heavy (non-hydrogen) atoms. The number of aliphatic hydroxyl groups excluding tert-OH is 1. The highest BCUT2D eigenvalue weighted by Crippen LogP contribution is 2.47. The van der Waals surface area contributed by atoms with Crippen molar-refractivity contribution >= 4 is 27.7 Å². The molecule has 1 aromatic carbocycles. The lowest BCUT2D eigenvalue weighted by Gasteiger charge is -2.36. The van der Waals surface area contributed by atoms with Crippen LogP contribution in [0.3, 0.4) is 0 Å².